The molecule has 1 saturated heterocycles. The number of piperazine rings is 1. The van der Waals surface area contributed by atoms with Gasteiger partial charge < -0.3 is 14.1 Å². The molecular formula is C19H23N3O3. The van der Waals surface area contributed by atoms with Gasteiger partial charge in [-0.05, 0) is 43.0 Å². The van der Waals surface area contributed by atoms with E-state index in [1.807, 2.05) is 23.1 Å². The Bertz CT molecular complexity index is 750. The summed E-state index contributed by atoms with van der Waals surface area (Å²) in [5.74, 6) is 1.45. The first-order valence-electron chi connectivity index (χ1n) is 8.85. The molecule has 1 fully saturated rings. The van der Waals surface area contributed by atoms with Crippen molar-refractivity contribution in [1.82, 2.24) is 14.8 Å². The number of aromatic nitrogens is 1. The first-order valence-corrected chi connectivity index (χ1v) is 8.85. The Hall–Kier alpha value is -2.34. The van der Waals surface area contributed by atoms with E-state index in [4.69, 9.17) is 9.15 Å². The van der Waals surface area contributed by atoms with E-state index in [0.717, 1.165) is 50.4 Å². The fourth-order valence-electron chi connectivity index (χ4n) is 3.66. The molecule has 132 valence electrons. The van der Waals surface area contributed by atoms with E-state index < -0.39 is 0 Å². The molecule has 2 aromatic heterocycles. The summed E-state index contributed by atoms with van der Waals surface area (Å²) in [6, 6.07) is 5.88. The number of aryl methyl sites for hydroxylation is 2. The Morgan fingerprint density at radius 1 is 1.28 bits per heavy atom. The predicted molar refractivity (Wildman–Crippen MR) is 92.7 cm³/mol. The third-order valence-electron chi connectivity index (χ3n) is 5.06. The summed E-state index contributed by atoms with van der Waals surface area (Å²) < 4.78 is 10.8. The van der Waals surface area contributed by atoms with E-state index >= 15 is 0 Å². The number of carbonyl (C=O) groups excluding carboxylic acids is 1. The molecule has 0 spiro atoms. The molecule has 2 aliphatic rings. The number of pyridine rings is 1. The number of carbonyl (C=O) groups is 1. The average Bonchev–Trinajstić information content (AvgIpc) is 3.31. The topological polar surface area (TPSA) is 58.8 Å². The molecule has 0 radical (unpaired) electrons. The molecule has 1 aliphatic carbocycles. The van der Waals surface area contributed by atoms with Crippen LogP contribution in [0.5, 0.6) is 5.88 Å². The van der Waals surface area contributed by atoms with Gasteiger partial charge >= 0.3 is 0 Å². The van der Waals surface area contributed by atoms with Gasteiger partial charge in [-0.2, -0.15) is 0 Å². The van der Waals surface area contributed by atoms with Crippen molar-refractivity contribution in [3.8, 4) is 5.88 Å². The summed E-state index contributed by atoms with van der Waals surface area (Å²) >= 11 is 0. The fourth-order valence-corrected chi connectivity index (χ4v) is 3.66. The van der Waals surface area contributed by atoms with Crippen molar-refractivity contribution in [2.75, 3.05) is 33.3 Å². The van der Waals surface area contributed by atoms with Gasteiger partial charge in [-0.15, -0.1) is 0 Å². The number of furan rings is 1. The van der Waals surface area contributed by atoms with Crippen molar-refractivity contribution in [2.24, 2.45) is 0 Å². The second-order valence-electron chi connectivity index (χ2n) is 6.65. The lowest BCUT2D eigenvalue weighted by Gasteiger charge is -2.34. The van der Waals surface area contributed by atoms with Crippen LogP contribution in [-0.2, 0) is 19.4 Å². The first-order chi connectivity index (χ1) is 12.2. The van der Waals surface area contributed by atoms with Crippen LogP contribution in [0.3, 0.4) is 0 Å². The maximum Gasteiger partial charge on any atom is 0.259 e. The second kappa shape index (κ2) is 6.88. The Morgan fingerprint density at radius 3 is 2.84 bits per heavy atom. The maximum absolute atomic E-state index is 13.0. The predicted octanol–water partition coefficient (Wildman–Crippen LogP) is 2.13. The molecule has 3 heterocycles. The Morgan fingerprint density at radius 2 is 2.12 bits per heavy atom. The van der Waals surface area contributed by atoms with Gasteiger partial charge in [0.25, 0.3) is 5.91 Å². The van der Waals surface area contributed by atoms with Crippen molar-refractivity contribution in [3.63, 3.8) is 0 Å². The fraction of sp³-hybridized carbons (Fsp3) is 0.474. The van der Waals surface area contributed by atoms with Crippen LogP contribution in [0.1, 0.15) is 33.8 Å². The van der Waals surface area contributed by atoms with Crippen LogP contribution in [-0.4, -0.2) is 54.0 Å². The van der Waals surface area contributed by atoms with Gasteiger partial charge in [0.2, 0.25) is 5.88 Å². The minimum atomic E-state index is 0.0247. The van der Waals surface area contributed by atoms with Gasteiger partial charge in [0.05, 0.1) is 19.9 Å². The minimum absolute atomic E-state index is 0.0247. The number of fused-ring (bicyclic) bond motifs is 1. The number of methoxy groups -OCH3 is 1. The van der Waals surface area contributed by atoms with Crippen molar-refractivity contribution in [2.45, 2.75) is 25.8 Å². The molecule has 0 N–H and O–H groups in total. The molecule has 1 amide bonds. The lowest BCUT2D eigenvalue weighted by molar-refractivity contribution is 0.0616. The molecule has 0 saturated carbocycles. The highest BCUT2D eigenvalue weighted by Crippen LogP contribution is 2.27. The summed E-state index contributed by atoms with van der Waals surface area (Å²) in [6.07, 6.45) is 4.78. The largest absolute Gasteiger partial charge is 0.480 e. The molecule has 0 bridgehead atoms. The summed E-state index contributed by atoms with van der Waals surface area (Å²) in [4.78, 5) is 21.7. The molecule has 6 heteroatoms. The zero-order valence-electron chi connectivity index (χ0n) is 14.5. The first kappa shape index (κ1) is 16.1. The molecule has 0 unspecified atom stereocenters. The van der Waals surface area contributed by atoms with E-state index in [1.165, 1.54) is 5.56 Å². The van der Waals surface area contributed by atoms with Crippen LogP contribution in [0.4, 0.5) is 0 Å². The van der Waals surface area contributed by atoms with Crippen LogP contribution in [0, 0.1) is 0 Å². The van der Waals surface area contributed by atoms with Gasteiger partial charge in [-0.3, -0.25) is 9.69 Å². The number of nitrogens with zero attached hydrogens (tertiary/aromatic N) is 3. The van der Waals surface area contributed by atoms with E-state index in [2.05, 4.69) is 9.88 Å². The van der Waals surface area contributed by atoms with Crippen LogP contribution in [0.2, 0.25) is 0 Å². The highest BCUT2D eigenvalue weighted by molar-refractivity contribution is 5.96. The Labute approximate surface area is 147 Å². The SMILES string of the molecule is COc1nc2c(cc1C(=O)N1CCN(Cc3ccco3)CC1)CCC2. The smallest absolute Gasteiger partial charge is 0.259 e. The summed E-state index contributed by atoms with van der Waals surface area (Å²) in [5, 5.41) is 0. The second-order valence-corrected chi connectivity index (χ2v) is 6.65. The highest BCUT2D eigenvalue weighted by Gasteiger charge is 2.27. The van der Waals surface area contributed by atoms with Crippen LogP contribution >= 0.6 is 0 Å². The number of ether oxygens (including phenoxy) is 1. The summed E-state index contributed by atoms with van der Waals surface area (Å²) in [6.45, 7) is 3.89. The van der Waals surface area contributed by atoms with Crippen molar-refractivity contribution >= 4 is 5.91 Å². The van der Waals surface area contributed by atoms with Crippen LogP contribution in [0.25, 0.3) is 0 Å². The van der Waals surface area contributed by atoms with Crippen LogP contribution in [0.15, 0.2) is 28.9 Å². The molecule has 6 nitrogen and oxygen atoms in total. The quantitative estimate of drug-likeness (QED) is 0.853. The average molecular weight is 341 g/mol. The normalized spacial score (nSPS) is 17.6. The van der Waals surface area contributed by atoms with Gasteiger partial charge in [0.1, 0.15) is 11.3 Å². The van der Waals surface area contributed by atoms with Gasteiger partial charge in [0.15, 0.2) is 0 Å². The van der Waals surface area contributed by atoms with E-state index in [-0.39, 0.29) is 5.91 Å². The number of hydrogen-bond acceptors (Lipinski definition) is 5. The monoisotopic (exact) mass is 341 g/mol. The van der Waals surface area contributed by atoms with E-state index in [1.54, 1.807) is 13.4 Å². The molecule has 1 aliphatic heterocycles. The molecule has 25 heavy (non-hydrogen) atoms. The lowest BCUT2D eigenvalue weighted by Crippen LogP contribution is -2.48. The van der Waals surface area contributed by atoms with Crippen LogP contribution < -0.4 is 4.74 Å². The minimum Gasteiger partial charge on any atom is -0.480 e. The zero-order valence-corrected chi connectivity index (χ0v) is 14.5. The molecule has 2 aromatic rings. The van der Waals surface area contributed by atoms with Crippen molar-refractivity contribution < 1.29 is 13.9 Å². The van der Waals surface area contributed by atoms with Crippen molar-refractivity contribution in [1.29, 1.82) is 0 Å². The van der Waals surface area contributed by atoms with Crippen molar-refractivity contribution in [3.05, 3.63) is 47.0 Å². The van der Waals surface area contributed by atoms with E-state index in [0.29, 0.717) is 24.5 Å². The summed E-state index contributed by atoms with van der Waals surface area (Å²) in [5.41, 5.74) is 2.87. The van der Waals surface area contributed by atoms with Gasteiger partial charge in [-0.1, -0.05) is 0 Å². The highest BCUT2D eigenvalue weighted by atomic mass is 16.5. The number of hydrogen-bond donors (Lipinski definition) is 0. The number of amides is 1. The molecule has 0 atom stereocenters. The third-order valence-corrected chi connectivity index (χ3v) is 5.06. The zero-order chi connectivity index (χ0) is 17.2. The van der Waals surface area contributed by atoms with Gasteiger partial charge in [0, 0.05) is 31.9 Å². The maximum atomic E-state index is 13.0. The van der Waals surface area contributed by atoms with Gasteiger partial charge in [-0.25, -0.2) is 4.98 Å². The Kier molecular flexibility index (Phi) is 4.44. The summed E-state index contributed by atoms with van der Waals surface area (Å²) in [7, 11) is 1.59. The third kappa shape index (κ3) is 3.26. The molecule has 0 aromatic carbocycles. The Balaban J connectivity index is 1.44. The lowest BCUT2D eigenvalue weighted by atomic mass is 10.1. The standard InChI is InChI=1S/C19H23N3O3/c1-24-18-16(12-14-4-2-6-17(14)20-18)19(23)22-9-7-21(8-10-22)13-15-5-3-11-25-15/h3,5,11-12H,2,4,6-10,13H2,1H3. The molecular weight excluding hydrogens is 318 g/mol. The molecule has 4 rings (SSSR count). The van der Waals surface area contributed by atoms with E-state index in [9.17, 15) is 4.79 Å². The number of rotatable bonds is 4.